The molecule has 1 aromatic carbocycles. The van der Waals surface area contributed by atoms with Gasteiger partial charge in [-0.25, -0.2) is 0 Å². The zero-order valence-corrected chi connectivity index (χ0v) is 11.9. The fraction of sp³-hybridized carbons (Fsp3) is 0.429. The van der Waals surface area contributed by atoms with Crippen molar-refractivity contribution in [1.82, 2.24) is 0 Å². The number of carboxylic acids is 1. The second-order valence-electron chi connectivity index (χ2n) is 4.54. The Morgan fingerprint density at radius 1 is 1.25 bits per heavy atom. The van der Waals surface area contributed by atoms with E-state index in [0.717, 1.165) is 18.4 Å². The molecule has 0 fully saturated rings. The second kappa shape index (κ2) is 8.55. The number of nitrogens with one attached hydrogen (secondary N) is 1. The summed E-state index contributed by atoms with van der Waals surface area (Å²) in [6, 6.07) is 6.09. The minimum absolute atomic E-state index is 0.0508. The number of alkyl halides is 1. The normalized spacial score (nSPS) is 11.9. The molecule has 0 spiro atoms. The van der Waals surface area contributed by atoms with Crippen LogP contribution in [0.2, 0.25) is 0 Å². The van der Waals surface area contributed by atoms with Crippen molar-refractivity contribution in [3.05, 3.63) is 29.8 Å². The third-order valence-corrected chi connectivity index (χ3v) is 3.07. The van der Waals surface area contributed by atoms with Crippen LogP contribution >= 0.6 is 11.6 Å². The lowest BCUT2D eigenvalue weighted by Gasteiger charge is -2.08. The van der Waals surface area contributed by atoms with Gasteiger partial charge >= 0.3 is 5.97 Å². The maximum absolute atomic E-state index is 11.6. The van der Waals surface area contributed by atoms with Crippen LogP contribution in [0.3, 0.4) is 0 Å². The molecule has 0 radical (unpaired) electrons. The smallest absolute Gasteiger partial charge is 0.320 e. The molecule has 4 N–H and O–H groups in total. The van der Waals surface area contributed by atoms with Gasteiger partial charge in [0.25, 0.3) is 0 Å². The first kappa shape index (κ1) is 16.5. The van der Waals surface area contributed by atoms with E-state index in [1.54, 1.807) is 24.3 Å². The Balaban J connectivity index is 2.46. The van der Waals surface area contributed by atoms with Crippen LogP contribution in [-0.4, -0.2) is 28.9 Å². The average Bonchev–Trinajstić information content (AvgIpc) is 2.41. The number of hydrogen-bond acceptors (Lipinski definition) is 3. The molecule has 1 rings (SSSR count). The van der Waals surface area contributed by atoms with Crippen molar-refractivity contribution in [3.8, 4) is 0 Å². The quantitative estimate of drug-likeness (QED) is 0.505. The van der Waals surface area contributed by atoms with Crippen LogP contribution in [0.4, 0.5) is 5.69 Å². The molecule has 0 aliphatic heterocycles. The van der Waals surface area contributed by atoms with E-state index in [0.29, 0.717) is 18.0 Å². The highest BCUT2D eigenvalue weighted by Crippen LogP contribution is 2.12. The van der Waals surface area contributed by atoms with Gasteiger partial charge in [-0.15, -0.1) is 11.6 Å². The molecule has 0 bridgehead atoms. The molecule has 0 aromatic heterocycles. The highest BCUT2D eigenvalue weighted by Gasteiger charge is 2.11. The minimum Gasteiger partial charge on any atom is -0.480 e. The van der Waals surface area contributed by atoms with Gasteiger partial charge in [-0.2, -0.15) is 0 Å². The first-order valence-electron chi connectivity index (χ1n) is 6.46. The van der Waals surface area contributed by atoms with Crippen molar-refractivity contribution in [2.45, 2.75) is 31.7 Å². The first-order chi connectivity index (χ1) is 9.52. The van der Waals surface area contributed by atoms with E-state index >= 15 is 0 Å². The van der Waals surface area contributed by atoms with Gasteiger partial charge in [0.2, 0.25) is 5.91 Å². The molecule has 1 unspecified atom stereocenters. The van der Waals surface area contributed by atoms with Crippen LogP contribution in [0, 0.1) is 0 Å². The number of carbonyl (C=O) groups excluding carboxylic acids is 1. The van der Waals surface area contributed by atoms with Gasteiger partial charge < -0.3 is 16.2 Å². The largest absolute Gasteiger partial charge is 0.480 e. The van der Waals surface area contributed by atoms with Gasteiger partial charge in [0.1, 0.15) is 6.04 Å². The Morgan fingerprint density at radius 3 is 2.45 bits per heavy atom. The van der Waals surface area contributed by atoms with Gasteiger partial charge in [0.15, 0.2) is 0 Å². The predicted molar refractivity (Wildman–Crippen MR) is 79.0 cm³/mol. The molecule has 6 heteroatoms. The predicted octanol–water partition coefficient (Wildman–Crippen LogP) is 1.99. The van der Waals surface area contributed by atoms with Crippen LogP contribution in [-0.2, 0) is 16.0 Å². The maximum atomic E-state index is 11.6. The lowest BCUT2D eigenvalue weighted by Crippen LogP contribution is -2.32. The Labute approximate surface area is 123 Å². The Kier molecular flexibility index (Phi) is 7.04. The molecule has 110 valence electrons. The van der Waals surface area contributed by atoms with Crippen molar-refractivity contribution in [2.75, 3.05) is 11.2 Å². The van der Waals surface area contributed by atoms with Crippen molar-refractivity contribution in [1.29, 1.82) is 0 Å². The van der Waals surface area contributed by atoms with E-state index in [1.807, 2.05) is 0 Å². The zero-order chi connectivity index (χ0) is 15.0. The first-order valence-corrected chi connectivity index (χ1v) is 6.99. The van der Waals surface area contributed by atoms with Crippen LogP contribution in [0.1, 0.15) is 24.8 Å². The molecule has 1 atom stereocenters. The summed E-state index contributed by atoms with van der Waals surface area (Å²) >= 11 is 5.54. The molecular formula is C14H19ClN2O3. The van der Waals surface area contributed by atoms with Gasteiger partial charge in [-0.05, 0) is 37.0 Å². The topological polar surface area (TPSA) is 92.4 Å². The summed E-state index contributed by atoms with van der Waals surface area (Å²) in [4.78, 5) is 22.2. The molecule has 0 aliphatic carbocycles. The van der Waals surface area contributed by atoms with Crippen molar-refractivity contribution in [3.63, 3.8) is 0 Å². The Morgan fingerprint density at radius 2 is 1.90 bits per heavy atom. The number of halogens is 1. The molecule has 1 amide bonds. The van der Waals surface area contributed by atoms with Gasteiger partial charge in [-0.3, -0.25) is 9.59 Å². The summed E-state index contributed by atoms with van der Waals surface area (Å²) in [6.45, 7) is 0. The van der Waals surface area contributed by atoms with Crippen LogP contribution < -0.4 is 11.1 Å². The molecular weight excluding hydrogens is 280 g/mol. The summed E-state index contributed by atoms with van der Waals surface area (Å²) in [7, 11) is 0. The number of unbranched alkanes of at least 4 members (excludes halogenated alkanes) is 1. The molecule has 20 heavy (non-hydrogen) atoms. The van der Waals surface area contributed by atoms with E-state index in [9.17, 15) is 9.59 Å². The third-order valence-electron chi connectivity index (χ3n) is 2.80. The standard InChI is InChI=1S/C14H19ClN2O3/c15-8-2-1-3-13(18)17-11-6-4-10(5-7-11)9-12(16)14(19)20/h4-7,12H,1-3,8-9,16H2,(H,17,18)(H,19,20). The summed E-state index contributed by atoms with van der Waals surface area (Å²) in [5.74, 6) is -0.516. The maximum Gasteiger partial charge on any atom is 0.320 e. The summed E-state index contributed by atoms with van der Waals surface area (Å²) < 4.78 is 0. The number of rotatable bonds is 8. The fourth-order valence-corrected chi connectivity index (χ4v) is 1.86. The number of anilines is 1. The number of aliphatic carboxylic acids is 1. The third kappa shape index (κ3) is 6.04. The van der Waals surface area contributed by atoms with E-state index in [1.165, 1.54) is 0 Å². The number of carboxylic acid groups (broad SMARTS) is 1. The van der Waals surface area contributed by atoms with Gasteiger partial charge in [0.05, 0.1) is 0 Å². The minimum atomic E-state index is -1.03. The Hall–Kier alpha value is -1.59. The molecule has 5 nitrogen and oxygen atoms in total. The average molecular weight is 299 g/mol. The number of nitrogens with two attached hydrogens (primary N) is 1. The number of benzene rings is 1. The Bertz CT molecular complexity index is 448. The molecule has 0 aliphatic rings. The summed E-state index contributed by atoms with van der Waals surface area (Å²) in [5.41, 5.74) is 6.96. The van der Waals surface area contributed by atoms with Crippen LogP contribution in [0.25, 0.3) is 0 Å². The highest BCUT2D eigenvalue weighted by atomic mass is 35.5. The van der Waals surface area contributed by atoms with Crippen LogP contribution in [0.15, 0.2) is 24.3 Å². The van der Waals surface area contributed by atoms with Crippen molar-refractivity contribution >= 4 is 29.2 Å². The highest BCUT2D eigenvalue weighted by molar-refractivity contribution is 6.17. The van der Waals surface area contributed by atoms with Crippen molar-refractivity contribution < 1.29 is 14.7 Å². The van der Waals surface area contributed by atoms with Gasteiger partial charge in [0, 0.05) is 18.0 Å². The monoisotopic (exact) mass is 298 g/mol. The SMILES string of the molecule is NC(Cc1ccc(NC(=O)CCCCCl)cc1)C(=O)O. The van der Waals surface area contributed by atoms with E-state index in [-0.39, 0.29) is 12.3 Å². The second-order valence-corrected chi connectivity index (χ2v) is 4.92. The summed E-state index contributed by atoms with van der Waals surface area (Å²) in [5, 5.41) is 11.5. The number of hydrogen-bond donors (Lipinski definition) is 3. The van der Waals surface area contributed by atoms with Gasteiger partial charge in [-0.1, -0.05) is 12.1 Å². The lowest BCUT2D eigenvalue weighted by atomic mass is 10.1. The molecule has 0 saturated heterocycles. The lowest BCUT2D eigenvalue weighted by molar-refractivity contribution is -0.138. The van der Waals surface area contributed by atoms with Crippen LogP contribution in [0.5, 0.6) is 0 Å². The molecule has 1 aromatic rings. The fourth-order valence-electron chi connectivity index (χ4n) is 1.67. The molecule has 0 heterocycles. The molecule has 0 saturated carbocycles. The zero-order valence-electron chi connectivity index (χ0n) is 11.1. The van der Waals surface area contributed by atoms with Crippen molar-refractivity contribution in [2.24, 2.45) is 5.73 Å². The summed E-state index contributed by atoms with van der Waals surface area (Å²) in [6.07, 6.45) is 2.29. The number of carbonyl (C=O) groups is 2. The number of amides is 1. The van der Waals surface area contributed by atoms with E-state index < -0.39 is 12.0 Å². The van der Waals surface area contributed by atoms with E-state index in [4.69, 9.17) is 22.4 Å². The van der Waals surface area contributed by atoms with E-state index in [2.05, 4.69) is 5.32 Å².